The van der Waals surface area contributed by atoms with E-state index in [9.17, 15) is 4.79 Å². The molecule has 0 atom stereocenters. The normalized spacial score (nSPS) is 21.9. The quantitative estimate of drug-likeness (QED) is 0.836. The van der Waals surface area contributed by atoms with Crippen LogP contribution < -0.4 is 5.32 Å². The third kappa shape index (κ3) is 2.32. The van der Waals surface area contributed by atoms with Crippen molar-refractivity contribution >= 4 is 21.8 Å². The fraction of sp³-hybridized carbons (Fsp3) is 0.583. The Balaban J connectivity index is 1.53. The van der Waals surface area contributed by atoms with Crippen molar-refractivity contribution in [1.29, 1.82) is 0 Å². The molecule has 0 aliphatic carbocycles. The lowest BCUT2D eigenvalue weighted by atomic mass is 10.1. The molecule has 0 spiro atoms. The zero-order valence-electron chi connectivity index (χ0n) is 10.2. The molecule has 2 saturated heterocycles. The van der Waals surface area contributed by atoms with Crippen LogP contribution in [0, 0.1) is 0 Å². The monoisotopic (exact) mass is 312 g/mol. The van der Waals surface area contributed by atoms with E-state index in [1.807, 2.05) is 11.0 Å². The summed E-state index contributed by atoms with van der Waals surface area (Å²) in [4.78, 5) is 19.5. The number of amides is 1. The van der Waals surface area contributed by atoms with Gasteiger partial charge in [0.1, 0.15) is 5.69 Å². The van der Waals surface area contributed by atoms with E-state index in [0.717, 1.165) is 43.7 Å². The summed E-state index contributed by atoms with van der Waals surface area (Å²) >= 11 is 3.35. The standard InChI is InChI=1S/C12H17BrN4O/c13-9-5-11(15-6-9)12(18)17-7-10(8-17)16-3-1-14-2-4-16/h5-6,10,14-15H,1-4,7-8H2. The van der Waals surface area contributed by atoms with Gasteiger partial charge in [0, 0.05) is 56.0 Å². The number of H-pyrrole nitrogens is 1. The topological polar surface area (TPSA) is 51.4 Å². The molecule has 2 aliphatic rings. The molecule has 1 aromatic heterocycles. The fourth-order valence-corrected chi connectivity index (χ4v) is 2.90. The van der Waals surface area contributed by atoms with Crippen molar-refractivity contribution in [3.63, 3.8) is 0 Å². The maximum absolute atomic E-state index is 12.1. The highest BCUT2D eigenvalue weighted by molar-refractivity contribution is 9.10. The van der Waals surface area contributed by atoms with Gasteiger partial charge in [0.05, 0.1) is 0 Å². The van der Waals surface area contributed by atoms with Crippen LogP contribution in [0.1, 0.15) is 10.5 Å². The largest absolute Gasteiger partial charge is 0.356 e. The van der Waals surface area contributed by atoms with E-state index in [-0.39, 0.29) is 5.91 Å². The van der Waals surface area contributed by atoms with Crippen molar-refractivity contribution in [2.75, 3.05) is 39.3 Å². The SMILES string of the molecule is O=C(c1cc(Br)c[nH]1)N1CC(N2CCNCC2)C1. The number of halogens is 1. The molecule has 0 unspecified atom stereocenters. The third-order valence-corrected chi connectivity index (χ3v) is 4.15. The Morgan fingerprint density at radius 1 is 1.33 bits per heavy atom. The first kappa shape index (κ1) is 12.2. The molecule has 6 heteroatoms. The first-order valence-electron chi connectivity index (χ1n) is 6.32. The molecule has 2 fully saturated rings. The maximum atomic E-state index is 12.1. The lowest BCUT2D eigenvalue weighted by molar-refractivity contribution is 0.0223. The Morgan fingerprint density at radius 3 is 2.67 bits per heavy atom. The van der Waals surface area contributed by atoms with Gasteiger partial charge in [-0.25, -0.2) is 0 Å². The van der Waals surface area contributed by atoms with E-state index in [1.54, 1.807) is 6.20 Å². The van der Waals surface area contributed by atoms with Crippen LogP contribution in [0.5, 0.6) is 0 Å². The van der Waals surface area contributed by atoms with Crippen LogP contribution in [0.25, 0.3) is 0 Å². The van der Waals surface area contributed by atoms with Crippen LogP contribution in [-0.4, -0.2) is 66.0 Å². The second-order valence-corrected chi connectivity index (χ2v) is 5.80. The van der Waals surface area contributed by atoms with E-state index >= 15 is 0 Å². The molecule has 98 valence electrons. The Kier molecular flexibility index (Phi) is 3.41. The Bertz CT molecular complexity index is 435. The van der Waals surface area contributed by atoms with Crippen molar-refractivity contribution in [1.82, 2.24) is 20.1 Å². The molecule has 3 heterocycles. The number of nitrogens with one attached hydrogen (secondary N) is 2. The highest BCUT2D eigenvalue weighted by Crippen LogP contribution is 2.19. The number of carbonyl (C=O) groups excluding carboxylic acids is 1. The summed E-state index contributed by atoms with van der Waals surface area (Å²) in [5.74, 6) is 0.104. The van der Waals surface area contributed by atoms with Crippen molar-refractivity contribution in [3.05, 3.63) is 22.4 Å². The predicted octanol–water partition coefficient (Wildman–Crippen LogP) is 0.507. The van der Waals surface area contributed by atoms with Gasteiger partial charge in [0.25, 0.3) is 5.91 Å². The highest BCUT2D eigenvalue weighted by Gasteiger charge is 2.35. The molecule has 1 amide bonds. The highest BCUT2D eigenvalue weighted by atomic mass is 79.9. The fourth-order valence-electron chi connectivity index (χ4n) is 2.56. The number of nitrogens with zero attached hydrogens (tertiary/aromatic N) is 2. The van der Waals surface area contributed by atoms with E-state index in [2.05, 4.69) is 31.1 Å². The summed E-state index contributed by atoms with van der Waals surface area (Å²) in [6.45, 7) is 6.04. The number of hydrogen-bond donors (Lipinski definition) is 2. The smallest absolute Gasteiger partial charge is 0.270 e. The second kappa shape index (κ2) is 5.03. The molecule has 2 aliphatic heterocycles. The number of likely N-dealkylation sites (tertiary alicyclic amines) is 1. The summed E-state index contributed by atoms with van der Waals surface area (Å²) in [6.07, 6.45) is 1.79. The molecule has 0 aromatic carbocycles. The number of piperazine rings is 1. The lowest BCUT2D eigenvalue weighted by Gasteiger charge is -2.46. The minimum atomic E-state index is 0.104. The third-order valence-electron chi connectivity index (χ3n) is 3.70. The first-order chi connectivity index (χ1) is 8.74. The maximum Gasteiger partial charge on any atom is 0.270 e. The Labute approximate surface area is 115 Å². The number of carbonyl (C=O) groups is 1. The summed E-state index contributed by atoms with van der Waals surface area (Å²) < 4.78 is 0.921. The van der Waals surface area contributed by atoms with Crippen molar-refractivity contribution in [3.8, 4) is 0 Å². The van der Waals surface area contributed by atoms with E-state index in [1.165, 1.54) is 0 Å². The van der Waals surface area contributed by atoms with Gasteiger partial charge in [-0.05, 0) is 22.0 Å². The average Bonchev–Trinajstić information content (AvgIpc) is 2.75. The van der Waals surface area contributed by atoms with Crippen molar-refractivity contribution in [2.45, 2.75) is 6.04 Å². The first-order valence-corrected chi connectivity index (χ1v) is 7.11. The molecule has 5 nitrogen and oxygen atoms in total. The average molecular weight is 313 g/mol. The number of aromatic nitrogens is 1. The summed E-state index contributed by atoms with van der Waals surface area (Å²) in [5, 5.41) is 3.35. The van der Waals surface area contributed by atoms with Gasteiger partial charge in [-0.15, -0.1) is 0 Å². The van der Waals surface area contributed by atoms with Gasteiger partial charge in [0.2, 0.25) is 0 Å². The minimum Gasteiger partial charge on any atom is -0.356 e. The second-order valence-electron chi connectivity index (χ2n) is 4.88. The summed E-state index contributed by atoms with van der Waals surface area (Å²) in [6, 6.07) is 2.38. The van der Waals surface area contributed by atoms with E-state index in [4.69, 9.17) is 0 Å². The van der Waals surface area contributed by atoms with Gasteiger partial charge < -0.3 is 15.2 Å². The molecule has 2 N–H and O–H groups in total. The molecule has 0 radical (unpaired) electrons. The molecule has 1 aromatic rings. The number of hydrogen-bond acceptors (Lipinski definition) is 3. The molecule has 3 rings (SSSR count). The van der Waals surface area contributed by atoms with E-state index in [0.29, 0.717) is 11.7 Å². The number of aromatic amines is 1. The zero-order valence-corrected chi connectivity index (χ0v) is 11.7. The lowest BCUT2D eigenvalue weighted by Crippen LogP contribution is -2.63. The van der Waals surface area contributed by atoms with Gasteiger partial charge in [-0.3, -0.25) is 9.69 Å². The molecule has 0 bridgehead atoms. The Hall–Kier alpha value is -0.850. The van der Waals surface area contributed by atoms with E-state index < -0.39 is 0 Å². The van der Waals surface area contributed by atoms with Gasteiger partial charge in [0.15, 0.2) is 0 Å². The summed E-state index contributed by atoms with van der Waals surface area (Å²) in [7, 11) is 0. The molecular weight excluding hydrogens is 296 g/mol. The van der Waals surface area contributed by atoms with Gasteiger partial charge in [-0.1, -0.05) is 0 Å². The van der Waals surface area contributed by atoms with Crippen LogP contribution >= 0.6 is 15.9 Å². The van der Waals surface area contributed by atoms with Crippen LogP contribution in [0.4, 0.5) is 0 Å². The van der Waals surface area contributed by atoms with Crippen LogP contribution in [0.3, 0.4) is 0 Å². The predicted molar refractivity (Wildman–Crippen MR) is 72.6 cm³/mol. The van der Waals surface area contributed by atoms with Gasteiger partial charge in [-0.2, -0.15) is 0 Å². The van der Waals surface area contributed by atoms with Crippen molar-refractivity contribution in [2.24, 2.45) is 0 Å². The van der Waals surface area contributed by atoms with Crippen LogP contribution in [-0.2, 0) is 0 Å². The minimum absolute atomic E-state index is 0.104. The number of rotatable bonds is 2. The van der Waals surface area contributed by atoms with Crippen molar-refractivity contribution < 1.29 is 4.79 Å². The van der Waals surface area contributed by atoms with Crippen LogP contribution in [0.2, 0.25) is 0 Å². The molecular formula is C12H17BrN4O. The zero-order chi connectivity index (χ0) is 12.5. The summed E-state index contributed by atoms with van der Waals surface area (Å²) in [5.41, 5.74) is 0.667. The molecule has 0 saturated carbocycles. The molecule has 18 heavy (non-hydrogen) atoms. The van der Waals surface area contributed by atoms with Gasteiger partial charge >= 0.3 is 0 Å². The van der Waals surface area contributed by atoms with Crippen LogP contribution in [0.15, 0.2) is 16.7 Å². The Morgan fingerprint density at radius 2 is 2.06 bits per heavy atom.